The number of nitrogens with zero attached hydrogens (tertiary/aromatic N) is 7. The van der Waals surface area contributed by atoms with Crippen LogP contribution >= 0.6 is 0 Å². The maximum atomic E-state index is 13.9. The van der Waals surface area contributed by atoms with E-state index in [-0.39, 0.29) is 34.6 Å². The number of benzene rings is 1. The molecule has 2 saturated heterocycles. The standard InChI is InChI=1S/C42H51N9O4/c1-7-37(52)45-32-21-29(8-9-34(32)49-15-14-48(24-26(49)2)30-11-18-55-19-12-30)44-38-41(54)47(6)25-33(46-38)31-10-13-43-39(27(31)3)51-17-16-50-35(40(51)53)20-28-22-42(4,5)23-36(28)50/h7-10,13,20-21,25-26,30H,1,11-12,14-19,22-24H2,2-6H3,(H,44,46)(H,45,52)/t26-/m0/s1. The zero-order valence-corrected chi connectivity index (χ0v) is 32.5. The first-order valence-electron chi connectivity index (χ1n) is 19.4. The molecule has 13 nitrogen and oxygen atoms in total. The number of aryl methyl sites for hydroxylation is 1. The number of hydrogen-bond acceptors (Lipinski definition) is 9. The molecule has 4 aliphatic rings. The number of aromatic nitrogens is 4. The molecule has 6 heterocycles. The van der Waals surface area contributed by atoms with Crippen molar-refractivity contribution in [3.05, 3.63) is 88.2 Å². The summed E-state index contributed by atoms with van der Waals surface area (Å²) in [6.45, 7) is 17.9. The summed E-state index contributed by atoms with van der Waals surface area (Å²) >= 11 is 0. The molecule has 3 aliphatic heterocycles. The number of carbonyl (C=O) groups is 2. The maximum absolute atomic E-state index is 13.9. The molecule has 0 saturated carbocycles. The molecule has 2 fully saturated rings. The first kappa shape index (κ1) is 36.7. The van der Waals surface area contributed by atoms with Crippen molar-refractivity contribution in [2.75, 3.05) is 59.8 Å². The average molecular weight is 746 g/mol. The molecule has 2 amide bonds. The summed E-state index contributed by atoms with van der Waals surface area (Å²) in [5.74, 6) is 0.344. The molecule has 1 aromatic carbocycles. The molecule has 1 atom stereocenters. The number of hydrogen-bond donors (Lipinski definition) is 2. The number of nitrogens with one attached hydrogen (secondary N) is 2. The van der Waals surface area contributed by atoms with Crippen molar-refractivity contribution in [2.24, 2.45) is 12.5 Å². The van der Waals surface area contributed by atoms with E-state index in [0.717, 1.165) is 75.3 Å². The van der Waals surface area contributed by atoms with Crippen LogP contribution in [0.1, 0.15) is 60.9 Å². The Morgan fingerprint density at radius 3 is 2.62 bits per heavy atom. The lowest BCUT2D eigenvalue weighted by atomic mass is 9.90. The van der Waals surface area contributed by atoms with Crippen molar-refractivity contribution >= 4 is 40.5 Å². The first-order valence-corrected chi connectivity index (χ1v) is 19.4. The second-order valence-electron chi connectivity index (χ2n) is 16.3. The van der Waals surface area contributed by atoms with Crippen molar-refractivity contribution in [2.45, 2.75) is 72.0 Å². The summed E-state index contributed by atoms with van der Waals surface area (Å²) < 4.78 is 9.29. The molecule has 55 heavy (non-hydrogen) atoms. The van der Waals surface area contributed by atoms with Crippen LogP contribution in [0, 0.1) is 12.3 Å². The van der Waals surface area contributed by atoms with Gasteiger partial charge in [0.2, 0.25) is 5.91 Å². The topological polar surface area (TPSA) is 130 Å². The van der Waals surface area contributed by atoms with Gasteiger partial charge in [0, 0.05) is 100.0 Å². The van der Waals surface area contributed by atoms with Crippen LogP contribution in [0.25, 0.3) is 11.3 Å². The average Bonchev–Trinajstić information content (AvgIpc) is 3.66. The molecule has 3 aromatic heterocycles. The van der Waals surface area contributed by atoms with Crippen LogP contribution in [0.2, 0.25) is 0 Å². The molecular weight excluding hydrogens is 695 g/mol. The van der Waals surface area contributed by atoms with Crippen LogP contribution < -0.4 is 26.0 Å². The summed E-state index contributed by atoms with van der Waals surface area (Å²) in [5.41, 5.74) is 7.42. The molecule has 1 aliphatic carbocycles. The molecule has 4 aromatic rings. The Morgan fingerprint density at radius 2 is 1.85 bits per heavy atom. The third-order valence-corrected chi connectivity index (χ3v) is 11.8. The Labute approximate surface area is 322 Å². The van der Waals surface area contributed by atoms with Gasteiger partial charge < -0.3 is 29.4 Å². The van der Waals surface area contributed by atoms with E-state index in [9.17, 15) is 14.4 Å². The fourth-order valence-electron chi connectivity index (χ4n) is 9.02. The minimum atomic E-state index is -0.319. The van der Waals surface area contributed by atoms with E-state index < -0.39 is 0 Å². The number of anilines is 5. The van der Waals surface area contributed by atoms with Crippen LogP contribution in [0.3, 0.4) is 0 Å². The minimum absolute atomic E-state index is 0.0552. The molecule has 2 N–H and O–H groups in total. The van der Waals surface area contributed by atoms with Gasteiger partial charge in [-0.2, -0.15) is 0 Å². The number of rotatable bonds is 8. The van der Waals surface area contributed by atoms with Gasteiger partial charge in [-0.3, -0.25) is 24.2 Å². The SMILES string of the molecule is C=CC(=O)Nc1cc(Nc2nc(-c3ccnc(N4CCn5c(cc6c5CC(C)(C)C6)C4=O)c3C)cn(C)c2=O)ccc1N1CCN(C2CCOCC2)C[C@@H]1C. The van der Waals surface area contributed by atoms with Gasteiger partial charge in [0.05, 0.1) is 17.1 Å². The molecule has 288 valence electrons. The van der Waals surface area contributed by atoms with E-state index in [2.05, 4.69) is 63.4 Å². The molecule has 0 unspecified atom stereocenters. The Hall–Kier alpha value is -5.27. The molecule has 0 spiro atoms. The van der Waals surface area contributed by atoms with E-state index in [0.29, 0.717) is 47.7 Å². The Bertz CT molecular complexity index is 2230. The summed E-state index contributed by atoms with van der Waals surface area (Å²) in [6.07, 6.45) is 8.70. The normalized spacial score (nSPS) is 19.9. The second-order valence-corrected chi connectivity index (χ2v) is 16.3. The monoisotopic (exact) mass is 745 g/mol. The molecule has 8 rings (SSSR count). The van der Waals surface area contributed by atoms with E-state index in [1.807, 2.05) is 31.2 Å². The highest BCUT2D eigenvalue weighted by Crippen LogP contribution is 2.40. The van der Waals surface area contributed by atoms with Crippen molar-refractivity contribution in [1.29, 1.82) is 0 Å². The van der Waals surface area contributed by atoms with Gasteiger partial charge >= 0.3 is 0 Å². The Kier molecular flexibility index (Phi) is 9.62. The van der Waals surface area contributed by atoms with Crippen LogP contribution in [0.4, 0.5) is 28.7 Å². The lowest BCUT2D eigenvalue weighted by Gasteiger charge is -2.45. The second kappa shape index (κ2) is 14.4. The van der Waals surface area contributed by atoms with Gasteiger partial charge in [-0.25, -0.2) is 9.97 Å². The zero-order valence-electron chi connectivity index (χ0n) is 32.5. The van der Waals surface area contributed by atoms with Crippen LogP contribution in [0.15, 0.2) is 60.2 Å². The number of piperazine rings is 1. The highest BCUT2D eigenvalue weighted by Gasteiger charge is 2.37. The van der Waals surface area contributed by atoms with Gasteiger partial charge in [-0.15, -0.1) is 0 Å². The van der Waals surface area contributed by atoms with Crippen LogP contribution in [0.5, 0.6) is 0 Å². The summed E-state index contributed by atoms with van der Waals surface area (Å²) in [6, 6.07) is 10.4. The fraction of sp³-hybridized carbons (Fsp3) is 0.452. The Balaban J connectivity index is 1.05. The van der Waals surface area contributed by atoms with Crippen LogP contribution in [-0.2, 0) is 36.0 Å². The van der Waals surface area contributed by atoms with Gasteiger partial charge in [-0.05, 0) is 86.9 Å². The number of pyridine rings is 1. The molecular formula is C42H51N9O4. The largest absolute Gasteiger partial charge is 0.381 e. The van der Waals surface area contributed by atoms with Gasteiger partial charge in [0.25, 0.3) is 11.5 Å². The van der Waals surface area contributed by atoms with Crippen molar-refractivity contribution in [3.63, 3.8) is 0 Å². The minimum Gasteiger partial charge on any atom is -0.381 e. The van der Waals surface area contributed by atoms with Gasteiger partial charge in [0.15, 0.2) is 5.82 Å². The predicted molar refractivity (Wildman–Crippen MR) is 216 cm³/mol. The molecule has 13 heteroatoms. The Morgan fingerprint density at radius 1 is 1.05 bits per heavy atom. The summed E-state index contributed by atoms with van der Waals surface area (Å²) in [7, 11) is 1.69. The highest BCUT2D eigenvalue weighted by molar-refractivity contribution is 6.06. The van der Waals surface area contributed by atoms with Crippen molar-refractivity contribution in [3.8, 4) is 11.3 Å². The number of ether oxygens (including phenoxy) is 1. The lowest BCUT2D eigenvalue weighted by molar-refractivity contribution is -0.111. The van der Waals surface area contributed by atoms with E-state index >= 15 is 0 Å². The molecule has 0 bridgehead atoms. The third kappa shape index (κ3) is 6.95. The predicted octanol–water partition coefficient (Wildman–Crippen LogP) is 5.30. The smallest absolute Gasteiger partial charge is 0.293 e. The molecule has 0 radical (unpaired) electrons. The first-order chi connectivity index (χ1) is 26.4. The van der Waals surface area contributed by atoms with E-state index in [1.165, 1.54) is 21.9 Å². The third-order valence-electron chi connectivity index (χ3n) is 11.8. The number of fused-ring (bicyclic) bond motifs is 3. The lowest BCUT2D eigenvalue weighted by Crippen LogP contribution is -2.56. The summed E-state index contributed by atoms with van der Waals surface area (Å²) in [5, 5.41) is 6.24. The quantitative estimate of drug-likeness (QED) is 0.231. The highest BCUT2D eigenvalue weighted by atomic mass is 16.5. The number of carbonyl (C=O) groups excluding carboxylic acids is 2. The van der Waals surface area contributed by atoms with E-state index in [1.54, 1.807) is 24.3 Å². The summed E-state index contributed by atoms with van der Waals surface area (Å²) in [4.78, 5) is 56.3. The van der Waals surface area contributed by atoms with Gasteiger partial charge in [-0.1, -0.05) is 20.4 Å². The number of amides is 2. The maximum Gasteiger partial charge on any atom is 0.293 e. The zero-order chi connectivity index (χ0) is 38.6. The fourth-order valence-corrected chi connectivity index (χ4v) is 9.02. The van der Waals surface area contributed by atoms with Gasteiger partial charge in [0.1, 0.15) is 11.5 Å². The van der Waals surface area contributed by atoms with E-state index in [4.69, 9.17) is 9.72 Å². The van der Waals surface area contributed by atoms with Crippen molar-refractivity contribution in [1.82, 2.24) is 24.0 Å². The van der Waals surface area contributed by atoms with Crippen molar-refractivity contribution < 1.29 is 14.3 Å². The van der Waals surface area contributed by atoms with Crippen LogP contribution in [-0.4, -0.2) is 87.3 Å².